The Bertz CT molecular complexity index is 665. The number of aryl methyl sites for hydroxylation is 2. The molecule has 0 aliphatic rings. The second-order valence-corrected chi connectivity index (χ2v) is 5.70. The first-order chi connectivity index (χ1) is 9.87. The van der Waals surface area contributed by atoms with Crippen molar-refractivity contribution in [2.45, 2.75) is 40.7 Å². The minimum Gasteiger partial charge on any atom is -0.481 e. The van der Waals surface area contributed by atoms with Crippen LogP contribution in [0, 0.1) is 19.3 Å². The summed E-state index contributed by atoms with van der Waals surface area (Å²) in [5.74, 6) is -0.232. The van der Waals surface area contributed by atoms with E-state index in [0.717, 1.165) is 16.7 Å². The highest BCUT2D eigenvalue weighted by molar-refractivity contribution is 5.74. The summed E-state index contributed by atoms with van der Waals surface area (Å²) in [7, 11) is 0. The van der Waals surface area contributed by atoms with Crippen molar-refractivity contribution in [2.75, 3.05) is 0 Å². The molecule has 1 aromatic carbocycles. The normalized spacial score (nSPS) is 13.9. The maximum atomic E-state index is 11.5. The van der Waals surface area contributed by atoms with Crippen LogP contribution < -0.4 is 0 Å². The van der Waals surface area contributed by atoms with Gasteiger partial charge in [-0.15, -0.1) is 5.10 Å². The molecule has 0 aliphatic carbocycles. The molecule has 0 spiro atoms. The van der Waals surface area contributed by atoms with Crippen LogP contribution in [0.25, 0.3) is 11.4 Å². The van der Waals surface area contributed by atoms with Crippen molar-refractivity contribution >= 4 is 5.97 Å². The lowest BCUT2D eigenvalue weighted by Crippen LogP contribution is -2.32. The van der Waals surface area contributed by atoms with Gasteiger partial charge in [-0.2, -0.15) is 0 Å². The minimum absolute atomic E-state index is 0.245. The third-order valence-electron chi connectivity index (χ3n) is 3.96. The molecule has 0 aliphatic heterocycles. The van der Waals surface area contributed by atoms with Crippen molar-refractivity contribution in [3.05, 3.63) is 29.3 Å². The molecular weight excluding hydrogens is 268 g/mol. The van der Waals surface area contributed by atoms with E-state index in [1.165, 1.54) is 0 Å². The van der Waals surface area contributed by atoms with Crippen LogP contribution in [-0.2, 0) is 11.3 Å². The van der Waals surface area contributed by atoms with Gasteiger partial charge in [0.1, 0.15) is 0 Å². The average Bonchev–Trinajstić information content (AvgIpc) is 2.89. The fraction of sp³-hybridized carbons (Fsp3) is 0.467. The summed E-state index contributed by atoms with van der Waals surface area (Å²) >= 11 is 0. The van der Waals surface area contributed by atoms with Gasteiger partial charge in [-0.05, 0) is 49.2 Å². The number of rotatable bonds is 5. The van der Waals surface area contributed by atoms with Crippen LogP contribution in [0.2, 0.25) is 0 Å². The molecule has 0 saturated carbocycles. The minimum atomic E-state index is -0.887. The van der Waals surface area contributed by atoms with Crippen molar-refractivity contribution in [2.24, 2.45) is 5.41 Å². The Kier molecular flexibility index (Phi) is 4.06. The summed E-state index contributed by atoms with van der Waals surface area (Å²) in [5, 5.41) is 21.2. The van der Waals surface area contributed by atoms with E-state index in [9.17, 15) is 9.90 Å². The topological polar surface area (TPSA) is 80.9 Å². The van der Waals surface area contributed by atoms with Crippen molar-refractivity contribution in [3.8, 4) is 11.4 Å². The zero-order valence-electron chi connectivity index (χ0n) is 12.8. The van der Waals surface area contributed by atoms with E-state index in [1.54, 1.807) is 11.6 Å². The Labute approximate surface area is 123 Å². The Morgan fingerprint density at radius 2 is 2.10 bits per heavy atom. The maximum Gasteiger partial charge on any atom is 0.311 e. The Balaban J connectivity index is 2.44. The SMILES string of the molecule is CCC(C)(Cn1nnnc1-c1cc(C)ccc1C)C(=O)O. The van der Waals surface area contributed by atoms with Crippen LogP contribution >= 0.6 is 0 Å². The van der Waals surface area contributed by atoms with Crippen LogP contribution in [-0.4, -0.2) is 31.3 Å². The molecule has 1 atom stereocenters. The molecule has 0 saturated heterocycles. The van der Waals surface area contributed by atoms with Crippen molar-refractivity contribution in [1.82, 2.24) is 20.2 Å². The lowest BCUT2D eigenvalue weighted by atomic mass is 9.87. The summed E-state index contributed by atoms with van der Waals surface area (Å²) < 4.78 is 1.58. The number of hydrogen-bond donors (Lipinski definition) is 1. The Hall–Kier alpha value is -2.24. The van der Waals surface area contributed by atoms with Crippen molar-refractivity contribution < 1.29 is 9.90 Å². The predicted molar refractivity (Wildman–Crippen MR) is 78.8 cm³/mol. The van der Waals surface area contributed by atoms with Gasteiger partial charge in [0.25, 0.3) is 0 Å². The van der Waals surface area contributed by atoms with Gasteiger partial charge in [0, 0.05) is 5.56 Å². The predicted octanol–water partition coefficient (Wildman–Crippen LogP) is 2.46. The first-order valence-electron chi connectivity index (χ1n) is 6.94. The summed E-state index contributed by atoms with van der Waals surface area (Å²) in [6, 6.07) is 6.06. The van der Waals surface area contributed by atoms with Gasteiger partial charge in [-0.1, -0.05) is 24.6 Å². The molecule has 1 heterocycles. The quantitative estimate of drug-likeness (QED) is 0.914. The zero-order chi connectivity index (χ0) is 15.6. The molecule has 2 rings (SSSR count). The highest BCUT2D eigenvalue weighted by atomic mass is 16.4. The molecule has 0 fully saturated rings. The van der Waals surface area contributed by atoms with E-state index in [0.29, 0.717) is 12.2 Å². The van der Waals surface area contributed by atoms with E-state index < -0.39 is 11.4 Å². The van der Waals surface area contributed by atoms with Gasteiger partial charge < -0.3 is 5.11 Å². The summed E-state index contributed by atoms with van der Waals surface area (Å²) in [5.41, 5.74) is 2.22. The molecule has 112 valence electrons. The summed E-state index contributed by atoms with van der Waals surface area (Å²) in [6.45, 7) is 7.81. The number of carboxylic acid groups (broad SMARTS) is 1. The molecule has 0 bridgehead atoms. The third-order valence-corrected chi connectivity index (χ3v) is 3.96. The smallest absolute Gasteiger partial charge is 0.311 e. The van der Waals surface area contributed by atoms with E-state index >= 15 is 0 Å². The molecule has 6 heteroatoms. The number of aliphatic carboxylic acids is 1. The van der Waals surface area contributed by atoms with Crippen LogP contribution in [0.3, 0.4) is 0 Å². The van der Waals surface area contributed by atoms with Crippen LogP contribution in [0.5, 0.6) is 0 Å². The van der Waals surface area contributed by atoms with Crippen LogP contribution in [0.15, 0.2) is 18.2 Å². The largest absolute Gasteiger partial charge is 0.481 e. The van der Waals surface area contributed by atoms with Gasteiger partial charge in [0.05, 0.1) is 12.0 Å². The fourth-order valence-electron chi connectivity index (χ4n) is 2.14. The second kappa shape index (κ2) is 5.63. The van der Waals surface area contributed by atoms with Crippen molar-refractivity contribution in [3.63, 3.8) is 0 Å². The lowest BCUT2D eigenvalue weighted by molar-refractivity contribution is -0.149. The second-order valence-electron chi connectivity index (χ2n) is 5.70. The van der Waals surface area contributed by atoms with E-state index in [4.69, 9.17) is 0 Å². The zero-order valence-corrected chi connectivity index (χ0v) is 12.8. The van der Waals surface area contributed by atoms with Gasteiger partial charge in [0.2, 0.25) is 0 Å². The molecule has 0 amide bonds. The Morgan fingerprint density at radius 1 is 1.38 bits per heavy atom. The molecule has 1 unspecified atom stereocenters. The summed E-state index contributed by atoms with van der Waals surface area (Å²) in [4.78, 5) is 11.5. The number of benzene rings is 1. The third kappa shape index (κ3) is 2.94. The van der Waals surface area contributed by atoms with Gasteiger partial charge in [-0.25, -0.2) is 4.68 Å². The lowest BCUT2D eigenvalue weighted by Gasteiger charge is -2.23. The highest BCUT2D eigenvalue weighted by Crippen LogP contribution is 2.27. The fourth-order valence-corrected chi connectivity index (χ4v) is 2.14. The molecule has 1 aromatic heterocycles. The standard InChI is InChI=1S/C15H20N4O2/c1-5-15(4,14(20)21)9-19-13(16-17-18-19)12-8-10(2)6-7-11(12)3/h6-8H,5,9H2,1-4H3,(H,20,21). The van der Waals surface area contributed by atoms with E-state index in [2.05, 4.69) is 15.5 Å². The first kappa shape index (κ1) is 15.2. The van der Waals surface area contributed by atoms with Crippen LogP contribution in [0.1, 0.15) is 31.4 Å². The van der Waals surface area contributed by atoms with E-state index in [-0.39, 0.29) is 6.54 Å². The van der Waals surface area contributed by atoms with Gasteiger partial charge in [0.15, 0.2) is 5.82 Å². The first-order valence-corrected chi connectivity index (χ1v) is 6.94. The number of nitrogens with zero attached hydrogens (tertiary/aromatic N) is 4. The van der Waals surface area contributed by atoms with E-state index in [1.807, 2.05) is 39.0 Å². The number of tetrazole rings is 1. The Morgan fingerprint density at radius 3 is 2.71 bits per heavy atom. The van der Waals surface area contributed by atoms with Crippen molar-refractivity contribution in [1.29, 1.82) is 0 Å². The molecular formula is C15H20N4O2. The number of aromatic nitrogens is 4. The number of hydrogen-bond acceptors (Lipinski definition) is 4. The summed E-state index contributed by atoms with van der Waals surface area (Å²) in [6.07, 6.45) is 0.508. The maximum absolute atomic E-state index is 11.5. The number of carbonyl (C=O) groups is 1. The molecule has 2 aromatic rings. The molecule has 6 nitrogen and oxygen atoms in total. The molecule has 0 radical (unpaired) electrons. The molecule has 21 heavy (non-hydrogen) atoms. The average molecular weight is 288 g/mol. The van der Waals surface area contributed by atoms with Gasteiger partial charge in [-0.3, -0.25) is 4.79 Å². The number of carboxylic acids is 1. The van der Waals surface area contributed by atoms with Crippen LogP contribution in [0.4, 0.5) is 0 Å². The highest BCUT2D eigenvalue weighted by Gasteiger charge is 2.33. The van der Waals surface area contributed by atoms with Gasteiger partial charge >= 0.3 is 5.97 Å². The monoisotopic (exact) mass is 288 g/mol. The molecule has 1 N–H and O–H groups in total.